The summed E-state index contributed by atoms with van der Waals surface area (Å²) < 4.78 is 25.2. The molecule has 6 nitrogen and oxygen atoms in total. The Hall–Kier alpha value is -3.19. The van der Waals surface area contributed by atoms with Crippen LogP contribution in [-0.2, 0) is 9.84 Å². The highest BCUT2D eigenvalue weighted by molar-refractivity contribution is 7.90. The summed E-state index contributed by atoms with van der Waals surface area (Å²) in [6.45, 7) is 0. The number of nitrogens with zero attached hydrogens (tertiary/aromatic N) is 3. The van der Waals surface area contributed by atoms with Crippen molar-refractivity contribution in [3.63, 3.8) is 0 Å². The minimum Gasteiger partial charge on any atom is -0.324 e. The summed E-state index contributed by atoms with van der Waals surface area (Å²) in [5.74, 6) is 0.497. The van der Waals surface area contributed by atoms with Crippen molar-refractivity contribution in [2.45, 2.75) is 4.90 Å². The van der Waals surface area contributed by atoms with E-state index in [9.17, 15) is 8.42 Å². The van der Waals surface area contributed by atoms with Crippen LogP contribution < -0.4 is 5.32 Å². The van der Waals surface area contributed by atoms with Crippen molar-refractivity contribution in [1.82, 2.24) is 14.5 Å². The van der Waals surface area contributed by atoms with Gasteiger partial charge in [0.25, 0.3) is 0 Å². The molecule has 0 aliphatic carbocycles. The minimum absolute atomic E-state index is 0.291. The zero-order valence-electron chi connectivity index (χ0n) is 14.0. The van der Waals surface area contributed by atoms with E-state index >= 15 is 0 Å². The first-order chi connectivity index (χ1) is 12.5. The number of benzene rings is 2. The highest BCUT2D eigenvalue weighted by atomic mass is 32.2. The van der Waals surface area contributed by atoms with E-state index in [1.807, 2.05) is 47.2 Å². The second-order valence-corrected chi connectivity index (χ2v) is 7.93. The van der Waals surface area contributed by atoms with Crippen molar-refractivity contribution in [2.75, 3.05) is 11.6 Å². The van der Waals surface area contributed by atoms with Crippen LogP contribution >= 0.6 is 0 Å². The lowest BCUT2D eigenvalue weighted by Crippen LogP contribution is -2.01. The van der Waals surface area contributed by atoms with Gasteiger partial charge in [-0.2, -0.15) is 4.98 Å². The van der Waals surface area contributed by atoms with E-state index in [1.54, 1.807) is 30.5 Å². The van der Waals surface area contributed by atoms with Crippen LogP contribution in [0.4, 0.5) is 11.6 Å². The fourth-order valence-electron chi connectivity index (χ4n) is 2.69. The van der Waals surface area contributed by atoms with Gasteiger partial charge in [-0.1, -0.05) is 18.2 Å². The maximum absolute atomic E-state index is 11.6. The highest BCUT2D eigenvalue weighted by Gasteiger charge is 2.10. The van der Waals surface area contributed by atoms with E-state index in [4.69, 9.17) is 0 Å². The Bertz CT molecular complexity index is 1170. The Labute approximate surface area is 151 Å². The lowest BCUT2D eigenvalue weighted by molar-refractivity contribution is 0.602. The fraction of sp³-hybridized carbons (Fsp3) is 0.0526. The topological polar surface area (TPSA) is 76.9 Å². The molecule has 0 amide bonds. The van der Waals surface area contributed by atoms with Crippen LogP contribution in [0.1, 0.15) is 0 Å². The zero-order valence-corrected chi connectivity index (χ0v) is 14.8. The number of fused-ring (bicyclic) bond motifs is 1. The molecule has 4 aromatic rings. The number of rotatable bonds is 4. The van der Waals surface area contributed by atoms with Crippen molar-refractivity contribution in [2.24, 2.45) is 0 Å². The van der Waals surface area contributed by atoms with E-state index < -0.39 is 9.84 Å². The monoisotopic (exact) mass is 364 g/mol. The van der Waals surface area contributed by atoms with Gasteiger partial charge < -0.3 is 9.88 Å². The molecule has 2 aromatic carbocycles. The van der Waals surface area contributed by atoms with Gasteiger partial charge in [-0.15, -0.1) is 0 Å². The Balaban J connectivity index is 1.73. The van der Waals surface area contributed by atoms with Crippen LogP contribution in [0.2, 0.25) is 0 Å². The summed E-state index contributed by atoms with van der Waals surface area (Å²) in [6, 6.07) is 18.4. The predicted octanol–water partition coefficient (Wildman–Crippen LogP) is 3.57. The smallest absolute Gasteiger partial charge is 0.229 e. The second-order valence-electron chi connectivity index (χ2n) is 5.92. The molecule has 0 saturated heterocycles. The number of aromatic nitrogens is 3. The van der Waals surface area contributed by atoms with Crippen LogP contribution in [-0.4, -0.2) is 29.2 Å². The van der Waals surface area contributed by atoms with Gasteiger partial charge in [0.2, 0.25) is 5.95 Å². The molecule has 0 bridgehead atoms. The molecule has 1 N–H and O–H groups in total. The highest BCUT2D eigenvalue weighted by Crippen LogP contribution is 2.22. The number of hydrogen-bond donors (Lipinski definition) is 1. The molecule has 2 aromatic heterocycles. The third-order valence-corrected chi connectivity index (χ3v) is 5.13. The van der Waals surface area contributed by atoms with Crippen molar-refractivity contribution in [1.29, 1.82) is 0 Å². The molecule has 0 radical (unpaired) electrons. The van der Waals surface area contributed by atoms with Gasteiger partial charge >= 0.3 is 0 Å². The molecule has 130 valence electrons. The lowest BCUT2D eigenvalue weighted by Gasteiger charge is -2.08. The average Bonchev–Trinajstić information content (AvgIpc) is 3.05. The standard InChI is InChI=1S/C19H16N4O2S/c1-26(24,25)17-9-7-16(8-10-17)23-12-11-14-13-20-19(22-18(14)23)21-15-5-3-2-4-6-15/h2-13H,1H3,(H,20,21,22). The molecule has 0 fully saturated rings. The van der Waals surface area contributed by atoms with Gasteiger partial charge in [-0.05, 0) is 42.5 Å². The van der Waals surface area contributed by atoms with Crippen LogP contribution in [0.3, 0.4) is 0 Å². The van der Waals surface area contributed by atoms with E-state index in [2.05, 4.69) is 15.3 Å². The zero-order chi connectivity index (χ0) is 18.1. The molecular weight excluding hydrogens is 348 g/mol. The van der Waals surface area contributed by atoms with Gasteiger partial charge in [0.1, 0.15) is 5.65 Å². The first-order valence-electron chi connectivity index (χ1n) is 7.97. The van der Waals surface area contributed by atoms with Gasteiger partial charge in [0, 0.05) is 35.4 Å². The Morgan fingerprint density at radius 1 is 0.962 bits per heavy atom. The summed E-state index contributed by atoms with van der Waals surface area (Å²) >= 11 is 0. The van der Waals surface area contributed by atoms with Crippen molar-refractivity contribution in [3.8, 4) is 5.69 Å². The molecule has 0 spiro atoms. The molecular formula is C19H16N4O2S. The third kappa shape index (κ3) is 3.16. The molecule has 0 aliphatic heterocycles. The van der Waals surface area contributed by atoms with Gasteiger partial charge in [-0.3, -0.25) is 0 Å². The van der Waals surface area contributed by atoms with Crippen LogP contribution in [0, 0.1) is 0 Å². The Kier molecular flexibility index (Phi) is 3.93. The maximum Gasteiger partial charge on any atom is 0.229 e. The lowest BCUT2D eigenvalue weighted by atomic mass is 10.3. The number of hydrogen-bond acceptors (Lipinski definition) is 5. The normalized spacial score (nSPS) is 11.6. The molecule has 7 heteroatoms. The van der Waals surface area contributed by atoms with Crippen LogP contribution in [0.5, 0.6) is 0 Å². The molecule has 2 heterocycles. The minimum atomic E-state index is -3.22. The molecule has 0 saturated carbocycles. The summed E-state index contributed by atoms with van der Waals surface area (Å²) in [6.07, 6.45) is 4.85. The number of nitrogens with one attached hydrogen (secondary N) is 1. The molecule has 0 unspecified atom stereocenters. The third-order valence-electron chi connectivity index (χ3n) is 4.00. The van der Waals surface area contributed by atoms with E-state index in [0.717, 1.165) is 22.4 Å². The first kappa shape index (κ1) is 16.3. The number of anilines is 2. The molecule has 0 aliphatic rings. The predicted molar refractivity (Wildman–Crippen MR) is 102 cm³/mol. The van der Waals surface area contributed by atoms with Crippen LogP contribution in [0.15, 0.2) is 78.0 Å². The van der Waals surface area contributed by atoms with Crippen molar-refractivity contribution in [3.05, 3.63) is 73.1 Å². The van der Waals surface area contributed by atoms with Gasteiger partial charge in [0.05, 0.1) is 4.90 Å². The molecule has 4 rings (SSSR count). The first-order valence-corrected chi connectivity index (χ1v) is 9.86. The van der Waals surface area contributed by atoms with E-state index in [1.165, 1.54) is 6.26 Å². The van der Waals surface area contributed by atoms with Gasteiger partial charge in [-0.25, -0.2) is 13.4 Å². The summed E-state index contributed by atoms with van der Waals surface area (Å²) in [5.41, 5.74) is 2.48. The number of sulfone groups is 1. The summed E-state index contributed by atoms with van der Waals surface area (Å²) in [5, 5.41) is 4.08. The number of para-hydroxylation sites is 1. The van der Waals surface area contributed by atoms with Crippen molar-refractivity contribution >= 4 is 32.5 Å². The van der Waals surface area contributed by atoms with Gasteiger partial charge in [0.15, 0.2) is 9.84 Å². The van der Waals surface area contributed by atoms with E-state index in [0.29, 0.717) is 10.8 Å². The fourth-order valence-corrected chi connectivity index (χ4v) is 3.32. The second kappa shape index (κ2) is 6.27. The Morgan fingerprint density at radius 2 is 1.69 bits per heavy atom. The maximum atomic E-state index is 11.6. The summed E-state index contributed by atoms with van der Waals surface area (Å²) in [4.78, 5) is 9.23. The molecule has 0 atom stereocenters. The Morgan fingerprint density at radius 3 is 2.38 bits per heavy atom. The van der Waals surface area contributed by atoms with Crippen molar-refractivity contribution < 1.29 is 8.42 Å². The van der Waals surface area contributed by atoms with Crippen LogP contribution in [0.25, 0.3) is 16.7 Å². The average molecular weight is 364 g/mol. The SMILES string of the molecule is CS(=O)(=O)c1ccc(-n2ccc3cnc(Nc4ccccc4)nc32)cc1. The summed E-state index contributed by atoms with van der Waals surface area (Å²) in [7, 11) is -3.22. The molecule has 26 heavy (non-hydrogen) atoms. The quantitative estimate of drug-likeness (QED) is 0.599. The van der Waals surface area contributed by atoms with E-state index in [-0.39, 0.29) is 0 Å². The largest absolute Gasteiger partial charge is 0.324 e.